The van der Waals surface area contributed by atoms with Crippen LogP contribution >= 0.6 is 0 Å². The average molecular weight is 330 g/mol. The van der Waals surface area contributed by atoms with Crippen LogP contribution in [0, 0.1) is 11.3 Å². The molecule has 4 heteroatoms. The Kier molecular flexibility index (Phi) is 8.79. The predicted molar refractivity (Wildman–Crippen MR) is 96.3 cm³/mol. The zero-order valence-electron chi connectivity index (χ0n) is 16.6. The van der Waals surface area contributed by atoms with E-state index in [4.69, 9.17) is 15.2 Å². The van der Waals surface area contributed by atoms with E-state index in [0.29, 0.717) is 26.0 Å². The highest BCUT2D eigenvalue weighted by atomic mass is 16.6. The highest BCUT2D eigenvalue weighted by Gasteiger charge is 2.37. The van der Waals surface area contributed by atoms with Gasteiger partial charge in [-0.1, -0.05) is 34.1 Å². The third kappa shape index (κ3) is 7.67. The lowest BCUT2D eigenvalue weighted by atomic mass is 9.74. The lowest BCUT2D eigenvalue weighted by Crippen LogP contribution is -2.43. The van der Waals surface area contributed by atoms with Crippen LogP contribution in [-0.2, 0) is 14.3 Å². The van der Waals surface area contributed by atoms with Gasteiger partial charge in [-0.25, -0.2) is 0 Å². The largest absolute Gasteiger partial charge is 0.459 e. The fraction of sp³-hybridized carbons (Fsp3) is 0.947. The first kappa shape index (κ1) is 22.4. The number of hydrogen-bond donors (Lipinski definition) is 1. The summed E-state index contributed by atoms with van der Waals surface area (Å²) < 4.78 is 11.8. The molecule has 0 saturated carbocycles. The maximum Gasteiger partial charge on any atom is 0.309 e. The first-order valence-electron chi connectivity index (χ1n) is 8.95. The van der Waals surface area contributed by atoms with Gasteiger partial charge in [-0.05, 0) is 52.5 Å². The van der Waals surface area contributed by atoms with Crippen LogP contribution in [-0.4, -0.2) is 30.3 Å². The standard InChI is InChI=1S/C19H39NO3/c1-9-11-17(3,4)19(7,8)22-14-12-18(5,6)23-16(21)15(2)10-13-20/h15H,9-14,20H2,1-8H3. The normalized spacial score (nSPS) is 14.7. The first-order chi connectivity index (χ1) is 10.4. The second kappa shape index (κ2) is 9.03. The Hall–Kier alpha value is -0.610. The summed E-state index contributed by atoms with van der Waals surface area (Å²) in [5, 5.41) is 0. The van der Waals surface area contributed by atoms with Crippen LogP contribution in [0.3, 0.4) is 0 Å². The van der Waals surface area contributed by atoms with Gasteiger partial charge in [0.2, 0.25) is 0 Å². The van der Waals surface area contributed by atoms with Gasteiger partial charge in [-0.15, -0.1) is 0 Å². The van der Waals surface area contributed by atoms with Crippen molar-refractivity contribution < 1.29 is 14.3 Å². The van der Waals surface area contributed by atoms with Crippen molar-refractivity contribution in [3.63, 3.8) is 0 Å². The molecule has 0 spiro atoms. The van der Waals surface area contributed by atoms with Gasteiger partial charge in [0, 0.05) is 6.42 Å². The summed E-state index contributed by atoms with van der Waals surface area (Å²) in [5.74, 6) is -0.328. The number of hydrogen-bond acceptors (Lipinski definition) is 4. The van der Waals surface area contributed by atoms with Crippen LogP contribution in [0.15, 0.2) is 0 Å². The van der Waals surface area contributed by atoms with Crippen LogP contribution in [0.1, 0.15) is 81.1 Å². The van der Waals surface area contributed by atoms with Gasteiger partial charge in [-0.3, -0.25) is 4.79 Å². The predicted octanol–water partition coefficient (Wildman–Crippen LogP) is 4.30. The van der Waals surface area contributed by atoms with Gasteiger partial charge in [0.15, 0.2) is 0 Å². The Morgan fingerprint density at radius 2 is 1.65 bits per heavy atom. The molecule has 0 radical (unpaired) electrons. The Balaban J connectivity index is 4.46. The van der Waals surface area contributed by atoms with Gasteiger partial charge in [0.1, 0.15) is 5.60 Å². The van der Waals surface area contributed by atoms with Crippen LogP contribution in [0.2, 0.25) is 0 Å². The summed E-state index contributed by atoms with van der Waals surface area (Å²) in [4.78, 5) is 12.0. The van der Waals surface area contributed by atoms with Crippen molar-refractivity contribution in [1.82, 2.24) is 0 Å². The maximum atomic E-state index is 12.0. The van der Waals surface area contributed by atoms with Gasteiger partial charge in [-0.2, -0.15) is 0 Å². The molecule has 23 heavy (non-hydrogen) atoms. The minimum atomic E-state index is -0.523. The van der Waals surface area contributed by atoms with E-state index in [2.05, 4.69) is 34.6 Å². The fourth-order valence-electron chi connectivity index (χ4n) is 2.47. The Labute approximate surface area is 143 Å². The van der Waals surface area contributed by atoms with Crippen LogP contribution in [0.25, 0.3) is 0 Å². The van der Waals surface area contributed by atoms with Crippen molar-refractivity contribution in [2.24, 2.45) is 17.1 Å². The summed E-state index contributed by atoms with van der Waals surface area (Å²) in [6.07, 6.45) is 3.60. The van der Waals surface area contributed by atoms with E-state index >= 15 is 0 Å². The zero-order valence-corrected chi connectivity index (χ0v) is 16.6. The average Bonchev–Trinajstić information content (AvgIpc) is 2.37. The number of carbonyl (C=O) groups is 1. The Morgan fingerprint density at radius 1 is 1.09 bits per heavy atom. The van der Waals surface area contributed by atoms with E-state index in [1.54, 1.807) is 0 Å². The van der Waals surface area contributed by atoms with Crippen LogP contribution in [0.5, 0.6) is 0 Å². The molecule has 0 saturated heterocycles. The molecule has 138 valence electrons. The third-order valence-corrected chi connectivity index (χ3v) is 5.05. The summed E-state index contributed by atoms with van der Waals surface area (Å²) >= 11 is 0. The van der Waals surface area contributed by atoms with E-state index in [1.807, 2.05) is 20.8 Å². The van der Waals surface area contributed by atoms with E-state index in [9.17, 15) is 4.79 Å². The van der Waals surface area contributed by atoms with E-state index in [-0.39, 0.29) is 22.9 Å². The molecule has 1 unspecified atom stereocenters. The van der Waals surface area contributed by atoms with Gasteiger partial charge < -0.3 is 15.2 Å². The first-order valence-corrected chi connectivity index (χ1v) is 8.95. The van der Waals surface area contributed by atoms with E-state index < -0.39 is 5.60 Å². The van der Waals surface area contributed by atoms with E-state index in [1.165, 1.54) is 0 Å². The molecule has 0 aromatic rings. The number of carbonyl (C=O) groups excluding carboxylic acids is 1. The number of nitrogens with two attached hydrogens (primary N) is 1. The summed E-state index contributed by atoms with van der Waals surface area (Å²) in [5.41, 5.74) is 4.87. The molecule has 0 amide bonds. The Morgan fingerprint density at radius 3 is 2.13 bits per heavy atom. The minimum absolute atomic E-state index is 0.109. The van der Waals surface area contributed by atoms with Crippen molar-refractivity contribution in [2.45, 2.75) is 92.3 Å². The maximum absolute atomic E-state index is 12.0. The topological polar surface area (TPSA) is 61.5 Å². The molecule has 0 rings (SSSR count). The summed E-state index contributed by atoms with van der Waals surface area (Å²) in [6.45, 7) is 17.8. The molecule has 0 heterocycles. The molecular formula is C19H39NO3. The molecular weight excluding hydrogens is 290 g/mol. The fourth-order valence-corrected chi connectivity index (χ4v) is 2.47. The molecule has 0 aromatic carbocycles. The number of ether oxygens (including phenoxy) is 2. The van der Waals surface area contributed by atoms with Crippen molar-refractivity contribution >= 4 is 5.97 Å². The molecule has 4 nitrogen and oxygen atoms in total. The van der Waals surface area contributed by atoms with Crippen molar-refractivity contribution in [1.29, 1.82) is 0 Å². The molecule has 1 atom stereocenters. The highest BCUT2D eigenvalue weighted by molar-refractivity contribution is 5.72. The molecule has 2 N–H and O–H groups in total. The third-order valence-electron chi connectivity index (χ3n) is 5.05. The Bertz CT molecular complexity index is 362. The second-order valence-electron chi connectivity index (χ2n) is 8.40. The highest BCUT2D eigenvalue weighted by Crippen LogP contribution is 2.38. The molecule has 0 aromatic heterocycles. The number of rotatable bonds is 11. The van der Waals surface area contributed by atoms with Crippen molar-refractivity contribution in [2.75, 3.05) is 13.2 Å². The van der Waals surface area contributed by atoms with Crippen LogP contribution < -0.4 is 5.73 Å². The second-order valence-corrected chi connectivity index (χ2v) is 8.40. The monoisotopic (exact) mass is 329 g/mol. The summed E-state index contributed by atoms with van der Waals surface area (Å²) in [7, 11) is 0. The lowest BCUT2D eigenvalue weighted by molar-refractivity contribution is -0.165. The quantitative estimate of drug-likeness (QED) is 0.574. The number of esters is 1. The van der Waals surface area contributed by atoms with E-state index in [0.717, 1.165) is 12.8 Å². The lowest BCUT2D eigenvalue weighted by Gasteiger charge is -2.42. The van der Waals surface area contributed by atoms with Gasteiger partial charge in [0.05, 0.1) is 18.1 Å². The van der Waals surface area contributed by atoms with Crippen LogP contribution in [0.4, 0.5) is 0 Å². The molecule has 0 aliphatic rings. The van der Waals surface area contributed by atoms with Crippen molar-refractivity contribution in [3.05, 3.63) is 0 Å². The summed E-state index contributed by atoms with van der Waals surface area (Å²) in [6, 6.07) is 0. The van der Waals surface area contributed by atoms with Gasteiger partial charge >= 0.3 is 5.97 Å². The molecule has 0 aliphatic carbocycles. The smallest absolute Gasteiger partial charge is 0.309 e. The van der Waals surface area contributed by atoms with Crippen molar-refractivity contribution in [3.8, 4) is 0 Å². The SMILES string of the molecule is CCCC(C)(C)C(C)(C)OCCC(C)(C)OC(=O)C(C)CCN. The minimum Gasteiger partial charge on any atom is -0.459 e. The zero-order chi connectivity index (χ0) is 18.3. The van der Waals surface area contributed by atoms with Gasteiger partial charge in [0.25, 0.3) is 0 Å². The molecule has 0 aliphatic heterocycles. The molecule has 0 bridgehead atoms. The molecule has 0 fully saturated rings.